The number of imidazole rings is 1. The van der Waals surface area contributed by atoms with E-state index in [0.717, 1.165) is 18.7 Å². The Labute approximate surface area is 108 Å². The third kappa shape index (κ3) is 2.72. The van der Waals surface area contributed by atoms with E-state index in [-0.39, 0.29) is 5.91 Å². The summed E-state index contributed by atoms with van der Waals surface area (Å²) in [5, 5.41) is 3.35. The Morgan fingerprint density at radius 1 is 1.67 bits per heavy atom. The number of hydrogen-bond acceptors (Lipinski definition) is 3. The maximum Gasteiger partial charge on any atom is 0.239 e. The SMILES string of the molecule is CC(C)c1nccn1CC(C)(NC1CC1)C(N)=O. The molecule has 0 aromatic carbocycles. The first kappa shape index (κ1) is 13.1. The smallest absolute Gasteiger partial charge is 0.239 e. The van der Waals surface area contributed by atoms with Gasteiger partial charge in [-0.2, -0.15) is 0 Å². The van der Waals surface area contributed by atoms with Gasteiger partial charge in [-0.15, -0.1) is 0 Å². The number of primary amides is 1. The number of amides is 1. The Balaban J connectivity index is 2.17. The zero-order chi connectivity index (χ0) is 13.3. The number of nitrogens with zero attached hydrogens (tertiary/aromatic N) is 2. The first-order chi connectivity index (χ1) is 8.42. The van der Waals surface area contributed by atoms with Gasteiger partial charge in [0.15, 0.2) is 0 Å². The van der Waals surface area contributed by atoms with Crippen molar-refractivity contribution in [2.24, 2.45) is 5.73 Å². The molecule has 5 nitrogen and oxygen atoms in total. The van der Waals surface area contributed by atoms with Crippen LogP contribution in [0, 0.1) is 0 Å². The third-order valence-electron chi connectivity index (χ3n) is 3.39. The van der Waals surface area contributed by atoms with Crippen LogP contribution in [0.1, 0.15) is 45.4 Å². The van der Waals surface area contributed by atoms with Crippen LogP contribution in [0.15, 0.2) is 12.4 Å². The molecule has 0 aliphatic heterocycles. The van der Waals surface area contributed by atoms with Gasteiger partial charge in [0, 0.05) is 24.4 Å². The van der Waals surface area contributed by atoms with Crippen molar-refractivity contribution in [1.29, 1.82) is 0 Å². The van der Waals surface area contributed by atoms with E-state index in [1.165, 1.54) is 0 Å². The molecule has 1 aliphatic rings. The zero-order valence-corrected chi connectivity index (χ0v) is 11.3. The Hall–Kier alpha value is -1.36. The Bertz CT molecular complexity index is 436. The van der Waals surface area contributed by atoms with Gasteiger partial charge in [-0.25, -0.2) is 4.98 Å². The van der Waals surface area contributed by atoms with E-state index in [9.17, 15) is 4.79 Å². The van der Waals surface area contributed by atoms with Gasteiger partial charge in [0.25, 0.3) is 0 Å². The second kappa shape index (κ2) is 4.72. The molecule has 0 bridgehead atoms. The van der Waals surface area contributed by atoms with Crippen molar-refractivity contribution in [3.05, 3.63) is 18.2 Å². The largest absolute Gasteiger partial charge is 0.368 e. The van der Waals surface area contributed by atoms with Gasteiger partial charge in [-0.3, -0.25) is 10.1 Å². The van der Waals surface area contributed by atoms with Crippen LogP contribution in [0.5, 0.6) is 0 Å². The standard InChI is InChI=1S/C13H22N4O/c1-9(2)11-15-6-7-17(11)8-13(3,12(14)18)16-10-4-5-10/h6-7,9-10,16H,4-5,8H2,1-3H3,(H2,14,18). The molecule has 1 saturated carbocycles. The van der Waals surface area contributed by atoms with Crippen LogP contribution in [-0.4, -0.2) is 27.0 Å². The summed E-state index contributed by atoms with van der Waals surface area (Å²) < 4.78 is 2.02. The lowest BCUT2D eigenvalue weighted by atomic mass is 10.0. The topological polar surface area (TPSA) is 72.9 Å². The van der Waals surface area contributed by atoms with Gasteiger partial charge < -0.3 is 10.3 Å². The molecule has 1 amide bonds. The minimum Gasteiger partial charge on any atom is -0.368 e. The number of hydrogen-bond donors (Lipinski definition) is 2. The molecule has 1 aliphatic carbocycles. The van der Waals surface area contributed by atoms with Gasteiger partial charge in [-0.05, 0) is 19.8 Å². The normalized spacial score (nSPS) is 18.9. The average molecular weight is 250 g/mol. The van der Waals surface area contributed by atoms with Gasteiger partial charge in [0.05, 0.1) is 6.54 Å². The highest BCUT2D eigenvalue weighted by Gasteiger charge is 2.37. The molecule has 1 heterocycles. The molecule has 1 fully saturated rings. The first-order valence-electron chi connectivity index (χ1n) is 6.51. The minimum atomic E-state index is -0.703. The summed E-state index contributed by atoms with van der Waals surface area (Å²) in [6.07, 6.45) is 5.94. The highest BCUT2D eigenvalue weighted by molar-refractivity contribution is 5.84. The quantitative estimate of drug-likeness (QED) is 0.791. The second-order valence-electron chi connectivity index (χ2n) is 5.68. The molecule has 1 aromatic rings. The molecular weight excluding hydrogens is 228 g/mol. The first-order valence-corrected chi connectivity index (χ1v) is 6.51. The third-order valence-corrected chi connectivity index (χ3v) is 3.39. The summed E-state index contributed by atoms with van der Waals surface area (Å²) >= 11 is 0. The van der Waals surface area contributed by atoms with Crippen molar-refractivity contribution >= 4 is 5.91 Å². The second-order valence-corrected chi connectivity index (χ2v) is 5.68. The highest BCUT2D eigenvalue weighted by Crippen LogP contribution is 2.24. The lowest BCUT2D eigenvalue weighted by Crippen LogP contribution is -2.56. The maximum atomic E-state index is 11.7. The molecule has 2 rings (SSSR count). The molecule has 18 heavy (non-hydrogen) atoms. The summed E-state index contributed by atoms with van der Waals surface area (Å²) in [7, 11) is 0. The van der Waals surface area contributed by atoms with Crippen LogP contribution in [-0.2, 0) is 11.3 Å². The molecule has 100 valence electrons. The monoisotopic (exact) mass is 250 g/mol. The predicted octanol–water partition coefficient (Wildman–Crippen LogP) is 1.00. The molecule has 1 unspecified atom stereocenters. The van der Waals surface area contributed by atoms with Crippen molar-refractivity contribution < 1.29 is 4.79 Å². The van der Waals surface area contributed by atoms with Crippen molar-refractivity contribution in [3.63, 3.8) is 0 Å². The van der Waals surface area contributed by atoms with Crippen LogP contribution < -0.4 is 11.1 Å². The molecule has 0 radical (unpaired) electrons. The Morgan fingerprint density at radius 3 is 2.83 bits per heavy atom. The number of rotatable bonds is 6. The van der Waals surface area contributed by atoms with E-state index in [4.69, 9.17) is 5.73 Å². The van der Waals surface area contributed by atoms with Crippen molar-refractivity contribution in [2.75, 3.05) is 0 Å². The van der Waals surface area contributed by atoms with E-state index in [1.54, 1.807) is 6.20 Å². The molecule has 3 N–H and O–H groups in total. The number of nitrogens with two attached hydrogens (primary N) is 1. The van der Waals surface area contributed by atoms with Crippen molar-refractivity contribution in [3.8, 4) is 0 Å². The number of carbonyl (C=O) groups excluding carboxylic acids is 1. The van der Waals surface area contributed by atoms with Crippen LogP contribution in [0.3, 0.4) is 0 Å². The summed E-state index contributed by atoms with van der Waals surface area (Å²) in [4.78, 5) is 16.1. The Kier molecular flexibility index (Phi) is 3.43. The lowest BCUT2D eigenvalue weighted by Gasteiger charge is -2.29. The fraction of sp³-hybridized carbons (Fsp3) is 0.692. The number of aromatic nitrogens is 2. The average Bonchev–Trinajstić information content (AvgIpc) is 2.94. The van der Waals surface area contributed by atoms with Gasteiger partial charge in [-0.1, -0.05) is 13.8 Å². The van der Waals surface area contributed by atoms with Gasteiger partial charge in [0.2, 0.25) is 5.91 Å². The van der Waals surface area contributed by atoms with E-state index < -0.39 is 5.54 Å². The Morgan fingerprint density at radius 2 is 2.33 bits per heavy atom. The summed E-state index contributed by atoms with van der Waals surface area (Å²) in [5.41, 5.74) is 4.85. The predicted molar refractivity (Wildman–Crippen MR) is 70.1 cm³/mol. The van der Waals surface area contributed by atoms with E-state index in [1.807, 2.05) is 17.7 Å². The van der Waals surface area contributed by atoms with Crippen LogP contribution in [0.25, 0.3) is 0 Å². The van der Waals surface area contributed by atoms with Crippen molar-refractivity contribution in [2.45, 2.75) is 57.7 Å². The fourth-order valence-electron chi connectivity index (χ4n) is 2.17. The van der Waals surface area contributed by atoms with Crippen LogP contribution in [0.2, 0.25) is 0 Å². The molecule has 1 aromatic heterocycles. The van der Waals surface area contributed by atoms with Crippen LogP contribution in [0.4, 0.5) is 0 Å². The van der Waals surface area contributed by atoms with Gasteiger partial charge >= 0.3 is 0 Å². The summed E-state index contributed by atoms with van der Waals surface area (Å²) in [6, 6.07) is 0.438. The molecule has 0 spiro atoms. The van der Waals surface area contributed by atoms with E-state index in [2.05, 4.69) is 24.1 Å². The van der Waals surface area contributed by atoms with E-state index >= 15 is 0 Å². The summed E-state index contributed by atoms with van der Waals surface area (Å²) in [5.74, 6) is 1.01. The van der Waals surface area contributed by atoms with Crippen molar-refractivity contribution in [1.82, 2.24) is 14.9 Å². The van der Waals surface area contributed by atoms with Gasteiger partial charge in [0.1, 0.15) is 11.4 Å². The number of nitrogens with one attached hydrogen (secondary N) is 1. The molecule has 1 atom stereocenters. The summed E-state index contributed by atoms with van der Waals surface area (Å²) in [6.45, 7) is 6.59. The molecule has 5 heteroatoms. The fourth-order valence-corrected chi connectivity index (χ4v) is 2.17. The molecular formula is C13H22N4O. The maximum absolute atomic E-state index is 11.7. The zero-order valence-electron chi connectivity index (χ0n) is 11.3. The number of carbonyl (C=O) groups is 1. The molecule has 0 saturated heterocycles. The van der Waals surface area contributed by atoms with Crippen LogP contribution >= 0.6 is 0 Å². The highest BCUT2D eigenvalue weighted by atomic mass is 16.1. The minimum absolute atomic E-state index is 0.308. The lowest BCUT2D eigenvalue weighted by molar-refractivity contribution is -0.124. The van der Waals surface area contributed by atoms with E-state index in [0.29, 0.717) is 18.5 Å².